The molecule has 62 valence electrons. The van der Waals surface area contributed by atoms with Crippen LogP contribution in [-0.4, -0.2) is 12.4 Å². The molecular formula is C8H5O4-. The largest absolute Gasteiger partial charge is 0.545 e. The van der Waals surface area contributed by atoms with Crippen LogP contribution < -0.4 is 9.84 Å². The van der Waals surface area contributed by atoms with Crippen molar-refractivity contribution in [3.05, 3.63) is 29.8 Å². The summed E-state index contributed by atoms with van der Waals surface area (Å²) in [4.78, 5) is 20.1. The monoisotopic (exact) mass is 165 g/mol. The molecule has 0 amide bonds. The molecule has 4 nitrogen and oxygen atoms in total. The number of hydrogen-bond donors (Lipinski definition) is 0. The van der Waals surface area contributed by atoms with Gasteiger partial charge in [0.05, 0.1) is 5.97 Å². The van der Waals surface area contributed by atoms with Gasteiger partial charge >= 0.3 is 0 Å². The van der Waals surface area contributed by atoms with Crippen LogP contribution in [0.4, 0.5) is 0 Å². The zero-order valence-electron chi connectivity index (χ0n) is 6.02. The number of benzene rings is 1. The first-order chi connectivity index (χ1) is 5.74. The summed E-state index contributed by atoms with van der Waals surface area (Å²) in [6, 6.07) is 5.35. The molecule has 0 radical (unpaired) electrons. The van der Waals surface area contributed by atoms with E-state index < -0.39 is 5.97 Å². The van der Waals surface area contributed by atoms with Crippen LogP contribution in [-0.2, 0) is 4.79 Å². The Morgan fingerprint density at radius 3 is 2.33 bits per heavy atom. The second-order valence-electron chi connectivity index (χ2n) is 2.03. The quantitative estimate of drug-likeness (QED) is 0.571. The van der Waals surface area contributed by atoms with Crippen molar-refractivity contribution in [2.75, 3.05) is 0 Å². The van der Waals surface area contributed by atoms with Gasteiger partial charge in [0.15, 0.2) is 0 Å². The Hall–Kier alpha value is -1.84. The average Bonchev–Trinajstić information content (AvgIpc) is 2.06. The number of carboxylic acid groups (broad SMARTS) is 1. The van der Waals surface area contributed by atoms with Crippen molar-refractivity contribution < 1.29 is 19.4 Å². The Kier molecular flexibility index (Phi) is 2.42. The number of hydrogen-bond acceptors (Lipinski definition) is 4. The van der Waals surface area contributed by atoms with Crippen molar-refractivity contribution in [2.45, 2.75) is 0 Å². The maximum atomic E-state index is 10.2. The zero-order chi connectivity index (χ0) is 8.97. The molecule has 0 aliphatic carbocycles. The second kappa shape index (κ2) is 3.52. The Bertz CT molecular complexity index is 288. The van der Waals surface area contributed by atoms with Crippen LogP contribution in [0.15, 0.2) is 24.3 Å². The van der Waals surface area contributed by atoms with E-state index in [1.165, 1.54) is 24.3 Å². The normalized spacial score (nSPS) is 9.00. The van der Waals surface area contributed by atoms with E-state index in [0.717, 1.165) is 0 Å². The lowest BCUT2D eigenvalue weighted by Gasteiger charge is -2.01. The van der Waals surface area contributed by atoms with E-state index in [1.54, 1.807) is 0 Å². The maximum Gasteiger partial charge on any atom is 0.298 e. The Morgan fingerprint density at radius 1 is 1.33 bits per heavy atom. The average molecular weight is 165 g/mol. The maximum absolute atomic E-state index is 10.2. The molecule has 1 aromatic carbocycles. The van der Waals surface area contributed by atoms with Crippen molar-refractivity contribution in [2.24, 2.45) is 0 Å². The SMILES string of the molecule is O=COc1ccc(C(=O)[O-])cc1. The molecule has 4 heteroatoms. The fourth-order valence-corrected chi connectivity index (χ4v) is 0.725. The van der Waals surface area contributed by atoms with E-state index in [-0.39, 0.29) is 12.0 Å². The smallest absolute Gasteiger partial charge is 0.298 e. The highest BCUT2D eigenvalue weighted by atomic mass is 16.5. The van der Waals surface area contributed by atoms with Crippen LogP contribution in [0.1, 0.15) is 10.4 Å². The van der Waals surface area contributed by atoms with E-state index in [4.69, 9.17) is 0 Å². The Labute approximate surface area is 68.4 Å². The molecule has 0 aliphatic heterocycles. The van der Waals surface area contributed by atoms with Crippen molar-refractivity contribution in [3.63, 3.8) is 0 Å². The Balaban J connectivity index is 2.85. The third-order valence-corrected chi connectivity index (χ3v) is 1.27. The lowest BCUT2D eigenvalue weighted by molar-refractivity contribution is -0.255. The number of carbonyl (C=O) groups excluding carboxylic acids is 2. The van der Waals surface area contributed by atoms with Crippen LogP contribution in [0.3, 0.4) is 0 Å². The number of ether oxygens (including phenoxy) is 1. The molecule has 1 rings (SSSR count). The molecule has 0 bridgehead atoms. The molecule has 0 saturated heterocycles. The summed E-state index contributed by atoms with van der Waals surface area (Å²) in [6.45, 7) is 0.272. The van der Waals surface area contributed by atoms with Gasteiger partial charge in [0.2, 0.25) is 0 Å². The van der Waals surface area contributed by atoms with Crippen molar-refractivity contribution in [3.8, 4) is 5.75 Å². The van der Waals surface area contributed by atoms with Gasteiger partial charge in [-0.25, -0.2) is 0 Å². The number of aromatic carboxylic acids is 1. The van der Waals surface area contributed by atoms with Gasteiger partial charge in [-0.3, -0.25) is 4.79 Å². The van der Waals surface area contributed by atoms with Gasteiger partial charge in [0, 0.05) is 0 Å². The molecule has 0 fully saturated rings. The standard InChI is InChI=1S/C8H6O4/c9-5-12-7-3-1-6(2-4-7)8(10)11/h1-5H,(H,10,11)/p-1. The molecule has 1 aromatic rings. The summed E-state index contributed by atoms with van der Waals surface area (Å²) in [5.41, 5.74) is 0.0493. The summed E-state index contributed by atoms with van der Waals surface area (Å²) in [5.74, 6) is -0.956. The molecule has 0 saturated carbocycles. The summed E-state index contributed by atoms with van der Waals surface area (Å²) in [6.07, 6.45) is 0. The number of rotatable bonds is 3. The first-order valence-electron chi connectivity index (χ1n) is 3.16. The highest BCUT2D eigenvalue weighted by Gasteiger charge is 1.94. The highest BCUT2D eigenvalue weighted by molar-refractivity contribution is 5.85. The molecule has 0 aliphatic rings. The fraction of sp³-hybridized carbons (Fsp3) is 0. The van der Waals surface area contributed by atoms with Crippen LogP contribution in [0.5, 0.6) is 5.75 Å². The molecule has 0 aromatic heterocycles. The van der Waals surface area contributed by atoms with E-state index in [0.29, 0.717) is 5.75 Å². The highest BCUT2D eigenvalue weighted by Crippen LogP contribution is 2.10. The zero-order valence-corrected chi connectivity index (χ0v) is 6.02. The van der Waals surface area contributed by atoms with E-state index in [1.807, 2.05) is 0 Å². The van der Waals surface area contributed by atoms with E-state index >= 15 is 0 Å². The fourth-order valence-electron chi connectivity index (χ4n) is 0.725. The van der Waals surface area contributed by atoms with Gasteiger partial charge in [-0.15, -0.1) is 0 Å². The van der Waals surface area contributed by atoms with Gasteiger partial charge in [-0.05, 0) is 29.8 Å². The van der Waals surface area contributed by atoms with Crippen molar-refractivity contribution in [1.82, 2.24) is 0 Å². The predicted molar refractivity (Wildman–Crippen MR) is 37.5 cm³/mol. The van der Waals surface area contributed by atoms with Gasteiger partial charge in [-0.1, -0.05) is 0 Å². The molecule has 0 spiro atoms. The molecule has 0 N–H and O–H groups in total. The Morgan fingerprint density at radius 2 is 1.92 bits per heavy atom. The molecule has 0 unspecified atom stereocenters. The van der Waals surface area contributed by atoms with Gasteiger partial charge in [0.1, 0.15) is 5.75 Å². The third kappa shape index (κ3) is 1.82. The number of carbonyl (C=O) groups is 2. The van der Waals surface area contributed by atoms with Crippen LogP contribution in [0.2, 0.25) is 0 Å². The summed E-state index contributed by atoms with van der Waals surface area (Å²) in [7, 11) is 0. The minimum atomic E-state index is -1.26. The molecule has 12 heavy (non-hydrogen) atoms. The lowest BCUT2D eigenvalue weighted by Crippen LogP contribution is -2.21. The van der Waals surface area contributed by atoms with Crippen molar-refractivity contribution in [1.29, 1.82) is 0 Å². The van der Waals surface area contributed by atoms with Crippen molar-refractivity contribution >= 4 is 12.4 Å². The minimum Gasteiger partial charge on any atom is -0.545 e. The second-order valence-corrected chi connectivity index (χ2v) is 2.03. The molecule has 0 atom stereocenters. The van der Waals surface area contributed by atoms with E-state index in [9.17, 15) is 14.7 Å². The molecular weight excluding hydrogens is 160 g/mol. The predicted octanol–water partition coefficient (Wildman–Crippen LogP) is -0.415. The summed E-state index contributed by atoms with van der Waals surface area (Å²) < 4.78 is 4.45. The van der Waals surface area contributed by atoms with Crippen LogP contribution in [0, 0.1) is 0 Å². The third-order valence-electron chi connectivity index (χ3n) is 1.27. The first kappa shape index (κ1) is 8.26. The lowest BCUT2D eigenvalue weighted by atomic mass is 10.2. The van der Waals surface area contributed by atoms with Gasteiger partial charge < -0.3 is 14.6 Å². The topological polar surface area (TPSA) is 66.4 Å². The van der Waals surface area contributed by atoms with Crippen LogP contribution in [0.25, 0.3) is 0 Å². The summed E-state index contributed by atoms with van der Waals surface area (Å²) in [5, 5.41) is 10.2. The number of carboxylic acids is 1. The first-order valence-corrected chi connectivity index (χ1v) is 3.16. The van der Waals surface area contributed by atoms with Crippen LogP contribution >= 0.6 is 0 Å². The summed E-state index contributed by atoms with van der Waals surface area (Å²) >= 11 is 0. The van der Waals surface area contributed by atoms with Gasteiger partial charge in [0.25, 0.3) is 6.47 Å². The van der Waals surface area contributed by atoms with E-state index in [2.05, 4.69) is 4.74 Å². The van der Waals surface area contributed by atoms with Gasteiger partial charge in [-0.2, -0.15) is 0 Å². The minimum absolute atomic E-state index is 0.0493. The molecule has 0 heterocycles.